The number of hydrogen-bond donors (Lipinski definition) is 1. The summed E-state index contributed by atoms with van der Waals surface area (Å²) in [7, 11) is 0. The zero-order valence-electron chi connectivity index (χ0n) is 17.4. The lowest BCUT2D eigenvalue weighted by Gasteiger charge is -2.28. The van der Waals surface area contributed by atoms with Gasteiger partial charge in [0, 0.05) is 29.6 Å². The highest BCUT2D eigenvalue weighted by Gasteiger charge is 2.30. The zero-order chi connectivity index (χ0) is 22.5. The number of carbonyl (C=O) groups excluding carboxylic acids is 1. The number of aromatic nitrogens is 1. The van der Waals surface area contributed by atoms with Crippen LogP contribution in [-0.2, 0) is 16.1 Å². The van der Waals surface area contributed by atoms with Crippen molar-refractivity contribution in [3.63, 3.8) is 0 Å². The Morgan fingerprint density at radius 2 is 1.97 bits per heavy atom. The van der Waals surface area contributed by atoms with Gasteiger partial charge in [-0.25, -0.2) is 9.18 Å². The number of aliphatic carboxylic acids is 1. The minimum Gasteiger partial charge on any atom is -0.489 e. The van der Waals surface area contributed by atoms with Gasteiger partial charge in [-0.05, 0) is 57.2 Å². The third kappa shape index (κ3) is 5.41. The molecular formula is C23H24ClFN2O4. The summed E-state index contributed by atoms with van der Waals surface area (Å²) in [5.41, 5.74) is 0.922. The molecular weight excluding hydrogens is 423 g/mol. The molecule has 0 saturated carbocycles. The van der Waals surface area contributed by atoms with E-state index in [1.54, 1.807) is 24.5 Å². The number of anilines is 1. The van der Waals surface area contributed by atoms with Crippen molar-refractivity contribution in [2.45, 2.75) is 52.2 Å². The maximum atomic E-state index is 15.0. The van der Waals surface area contributed by atoms with Gasteiger partial charge >= 0.3 is 5.97 Å². The van der Waals surface area contributed by atoms with Crippen LogP contribution in [0.3, 0.4) is 0 Å². The van der Waals surface area contributed by atoms with Crippen LogP contribution >= 0.6 is 11.6 Å². The predicted octanol–water partition coefficient (Wildman–Crippen LogP) is 5.15. The summed E-state index contributed by atoms with van der Waals surface area (Å²) in [4.78, 5) is 30.5. The average molecular weight is 447 g/mol. The van der Waals surface area contributed by atoms with Gasteiger partial charge in [0.1, 0.15) is 11.6 Å². The van der Waals surface area contributed by atoms with E-state index in [1.165, 1.54) is 11.0 Å². The lowest BCUT2D eigenvalue weighted by atomic mass is 9.90. The van der Waals surface area contributed by atoms with E-state index in [4.69, 9.17) is 16.3 Å². The third-order valence-corrected chi connectivity index (χ3v) is 5.24. The molecule has 0 unspecified atom stereocenters. The molecule has 1 aliphatic rings. The van der Waals surface area contributed by atoms with Gasteiger partial charge in [-0.1, -0.05) is 17.7 Å². The van der Waals surface area contributed by atoms with E-state index in [2.05, 4.69) is 4.98 Å². The van der Waals surface area contributed by atoms with Gasteiger partial charge in [0.25, 0.3) is 5.91 Å². The highest BCUT2D eigenvalue weighted by atomic mass is 35.5. The molecule has 0 atom stereocenters. The van der Waals surface area contributed by atoms with E-state index in [1.807, 2.05) is 13.8 Å². The zero-order valence-corrected chi connectivity index (χ0v) is 18.2. The number of halogens is 2. The number of pyridine rings is 1. The van der Waals surface area contributed by atoms with E-state index in [0.29, 0.717) is 31.2 Å². The number of rotatable bonds is 7. The molecule has 0 saturated heterocycles. The normalized spacial score (nSPS) is 14.0. The molecule has 1 aromatic carbocycles. The Kier molecular flexibility index (Phi) is 7.28. The second-order valence-electron chi connectivity index (χ2n) is 7.62. The number of nitrogens with zero attached hydrogens (tertiary/aromatic N) is 2. The minimum atomic E-state index is -1.12. The van der Waals surface area contributed by atoms with Crippen LogP contribution in [0.25, 0.3) is 0 Å². The molecule has 2 aromatic rings. The van der Waals surface area contributed by atoms with Crippen molar-refractivity contribution >= 4 is 29.2 Å². The number of carboxylic acid groups (broad SMARTS) is 1. The Labute approximate surface area is 185 Å². The number of carbonyl (C=O) groups is 2. The Morgan fingerprint density at radius 3 is 2.58 bits per heavy atom. The number of benzene rings is 1. The molecule has 31 heavy (non-hydrogen) atoms. The first-order valence-electron chi connectivity index (χ1n) is 10.1. The van der Waals surface area contributed by atoms with Gasteiger partial charge in [0.15, 0.2) is 0 Å². The van der Waals surface area contributed by atoms with Crippen LogP contribution in [0.1, 0.15) is 45.1 Å². The quantitative estimate of drug-likeness (QED) is 0.636. The molecule has 6 nitrogen and oxygen atoms in total. The molecule has 0 fully saturated rings. The van der Waals surface area contributed by atoms with Crippen molar-refractivity contribution in [1.82, 2.24) is 4.98 Å². The van der Waals surface area contributed by atoms with Crippen LogP contribution in [0.2, 0.25) is 5.02 Å². The van der Waals surface area contributed by atoms with Crippen molar-refractivity contribution in [3.05, 3.63) is 64.2 Å². The van der Waals surface area contributed by atoms with E-state index >= 15 is 4.39 Å². The highest BCUT2D eigenvalue weighted by molar-refractivity contribution is 6.32. The van der Waals surface area contributed by atoms with Crippen molar-refractivity contribution in [1.29, 1.82) is 0 Å². The fourth-order valence-corrected chi connectivity index (χ4v) is 3.75. The first-order valence-corrected chi connectivity index (χ1v) is 10.5. The summed E-state index contributed by atoms with van der Waals surface area (Å²) in [5.74, 6) is -2.12. The molecule has 0 spiro atoms. The van der Waals surface area contributed by atoms with Crippen LogP contribution in [-0.4, -0.2) is 28.1 Å². The number of amides is 1. The van der Waals surface area contributed by atoms with Gasteiger partial charge < -0.3 is 14.7 Å². The highest BCUT2D eigenvalue weighted by Crippen LogP contribution is 2.36. The first-order chi connectivity index (χ1) is 14.8. The third-order valence-electron chi connectivity index (χ3n) is 4.95. The molecule has 8 heteroatoms. The van der Waals surface area contributed by atoms with E-state index in [9.17, 15) is 14.7 Å². The molecule has 1 aromatic heterocycles. The lowest BCUT2D eigenvalue weighted by Crippen LogP contribution is -2.34. The minimum absolute atomic E-state index is 0.0166. The van der Waals surface area contributed by atoms with Crippen molar-refractivity contribution in [2.24, 2.45) is 0 Å². The summed E-state index contributed by atoms with van der Waals surface area (Å²) >= 11 is 6.14. The summed E-state index contributed by atoms with van der Waals surface area (Å²) in [5, 5.41) is 9.67. The largest absolute Gasteiger partial charge is 0.489 e. The van der Waals surface area contributed by atoms with Crippen molar-refractivity contribution in [2.75, 3.05) is 4.90 Å². The van der Waals surface area contributed by atoms with Crippen LogP contribution in [0.15, 0.2) is 47.8 Å². The molecule has 0 radical (unpaired) electrons. The molecule has 1 N–H and O–H groups in total. The second kappa shape index (κ2) is 9.92. The molecule has 0 aliphatic heterocycles. The summed E-state index contributed by atoms with van der Waals surface area (Å²) in [6.45, 7) is 3.64. The monoisotopic (exact) mass is 446 g/mol. The lowest BCUT2D eigenvalue weighted by molar-refractivity contribution is -0.133. The average Bonchev–Trinajstić information content (AvgIpc) is 2.74. The Hall–Kier alpha value is -2.93. The Balaban J connectivity index is 2.11. The summed E-state index contributed by atoms with van der Waals surface area (Å²) in [6.07, 6.45) is 4.99. The number of carboxylic acids is 1. The van der Waals surface area contributed by atoms with Crippen LogP contribution in [0.5, 0.6) is 5.75 Å². The van der Waals surface area contributed by atoms with E-state index in [0.717, 1.165) is 6.07 Å². The maximum absolute atomic E-state index is 15.0. The summed E-state index contributed by atoms with van der Waals surface area (Å²) < 4.78 is 20.7. The standard InChI is InChI=1S/C23H24ClFN2O4/c1-14(2)31-21-11-20(19(25)10-18(21)24)27(13-15-6-5-9-26-12-15)22(28)16-7-3-4-8-17(16)23(29)30/h5-6,9-12,14H,3-4,7-8,13H2,1-2H3,(H,29,30). The molecule has 3 rings (SSSR count). The second-order valence-corrected chi connectivity index (χ2v) is 8.03. The molecule has 1 aliphatic carbocycles. The Morgan fingerprint density at radius 1 is 1.26 bits per heavy atom. The number of ether oxygens (including phenoxy) is 1. The van der Waals surface area contributed by atoms with Crippen LogP contribution < -0.4 is 9.64 Å². The van der Waals surface area contributed by atoms with Gasteiger partial charge in [-0.2, -0.15) is 0 Å². The van der Waals surface area contributed by atoms with Gasteiger partial charge in [0.05, 0.1) is 23.4 Å². The summed E-state index contributed by atoms with van der Waals surface area (Å²) in [6, 6.07) is 5.97. The van der Waals surface area contributed by atoms with Crippen LogP contribution in [0.4, 0.5) is 10.1 Å². The van der Waals surface area contributed by atoms with Crippen molar-refractivity contribution < 1.29 is 23.8 Å². The van der Waals surface area contributed by atoms with Gasteiger partial charge in [-0.15, -0.1) is 0 Å². The first kappa shape index (κ1) is 22.7. The van der Waals surface area contributed by atoms with E-state index < -0.39 is 17.7 Å². The smallest absolute Gasteiger partial charge is 0.332 e. The van der Waals surface area contributed by atoms with Gasteiger partial charge in [-0.3, -0.25) is 9.78 Å². The van der Waals surface area contributed by atoms with Gasteiger partial charge in [0.2, 0.25) is 0 Å². The number of hydrogen-bond acceptors (Lipinski definition) is 4. The molecule has 1 amide bonds. The Bertz CT molecular complexity index is 1010. The fourth-order valence-electron chi connectivity index (χ4n) is 3.55. The van der Waals surface area contributed by atoms with Crippen LogP contribution in [0, 0.1) is 5.82 Å². The molecule has 0 bridgehead atoms. The molecule has 1 heterocycles. The maximum Gasteiger partial charge on any atom is 0.332 e. The SMILES string of the molecule is CC(C)Oc1cc(N(Cc2cccnc2)C(=O)C2=C(C(=O)O)CCCC2)c(F)cc1Cl. The fraction of sp³-hybridized carbons (Fsp3) is 0.348. The predicted molar refractivity (Wildman–Crippen MR) is 116 cm³/mol. The topological polar surface area (TPSA) is 79.7 Å². The van der Waals surface area contributed by atoms with Crippen molar-refractivity contribution in [3.8, 4) is 5.75 Å². The molecule has 164 valence electrons. The van der Waals surface area contributed by atoms with E-state index in [-0.39, 0.29) is 40.3 Å².